The second kappa shape index (κ2) is 7.74. The van der Waals surface area contributed by atoms with Crippen LogP contribution in [0, 0.1) is 5.92 Å². The maximum atomic E-state index is 12.7. The smallest absolute Gasteiger partial charge is 0.226 e. The van der Waals surface area contributed by atoms with Crippen LogP contribution in [0.1, 0.15) is 23.2 Å². The number of hydrogen-bond donors (Lipinski definition) is 0. The van der Waals surface area contributed by atoms with E-state index >= 15 is 0 Å². The molecule has 0 saturated carbocycles. The average Bonchev–Trinajstić information content (AvgIpc) is 3.23. The number of likely N-dealkylation sites (tertiary alicyclic amines) is 1. The van der Waals surface area contributed by atoms with Gasteiger partial charge in [-0.2, -0.15) is 15.0 Å². The highest BCUT2D eigenvalue weighted by atomic mass is 16.2. The lowest BCUT2D eigenvalue weighted by Crippen LogP contribution is -2.31. The third-order valence-electron chi connectivity index (χ3n) is 5.32. The van der Waals surface area contributed by atoms with E-state index in [0.717, 1.165) is 18.5 Å². The summed E-state index contributed by atoms with van der Waals surface area (Å²) in [6, 6.07) is 20.8. The molecule has 2 heterocycles. The van der Waals surface area contributed by atoms with Crippen molar-refractivity contribution in [3.63, 3.8) is 0 Å². The van der Waals surface area contributed by atoms with Crippen molar-refractivity contribution in [1.82, 2.24) is 19.9 Å². The van der Waals surface area contributed by atoms with E-state index in [1.165, 1.54) is 11.1 Å². The molecule has 1 aromatic heterocycles. The number of nitrogens with zero attached hydrogens (tertiary/aromatic N) is 4. The van der Waals surface area contributed by atoms with Gasteiger partial charge in [0.25, 0.3) is 0 Å². The molecule has 0 N–H and O–H groups in total. The first-order chi connectivity index (χ1) is 13.2. The summed E-state index contributed by atoms with van der Waals surface area (Å²) in [5.74, 6) is 0.208. The predicted molar refractivity (Wildman–Crippen MR) is 104 cm³/mol. The fourth-order valence-electron chi connectivity index (χ4n) is 3.83. The molecular weight excluding hydrogens is 336 g/mol. The van der Waals surface area contributed by atoms with Crippen LogP contribution in [0.25, 0.3) is 0 Å². The first kappa shape index (κ1) is 17.5. The van der Waals surface area contributed by atoms with Crippen LogP contribution < -0.4 is 0 Å². The predicted octanol–water partition coefficient (Wildman–Crippen LogP) is 2.96. The van der Waals surface area contributed by atoms with E-state index in [1.807, 2.05) is 36.2 Å². The van der Waals surface area contributed by atoms with Gasteiger partial charge in [0.05, 0.1) is 18.4 Å². The third kappa shape index (κ3) is 4.08. The second-order valence-electron chi connectivity index (χ2n) is 7.28. The molecule has 2 atom stereocenters. The zero-order valence-corrected chi connectivity index (χ0v) is 15.5. The number of benzene rings is 2. The summed E-state index contributed by atoms with van der Waals surface area (Å²) in [7, 11) is 1.92. The molecule has 4 rings (SSSR count). The van der Waals surface area contributed by atoms with Crippen molar-refractivity contribution in [2.24, 2.45) is 5.92 Å². The van der Waals surface area contributed by atoms with Crippen molar-refractivity contribution in [1.29, 1.82) is 0 Å². The van der Waals surface area contributed by atoms with Crippen LogP contribution in [-0.4, -0.2) is 38.9 Å². The summed E-state index contributed by atoms with van der Waals surface area (Å²) in [6.07, 6.45) is 4.22. The summed E-state index contributed by atoms with van der Waals surface area (Å²) >= 11 is 0. The van der Waals surface area contributed by atoms with Crippen molar-refractivity contribution in [2.45, 2.75) is 31.8 Å². The van der Waals surface area contributed by atoms with E-state index in [1.54, 1.807) is 11.0 Å². The van der Waals surface area contributed by atoms with Crippen molar-refractivity contribution in [2.75, 3.05) is 7.05 Å². The van der Waals surface area contributed by atoms with Crippen LogP contribution >= 0.6 is 0 Å². The molecule has 0 radical (unpaired) electrons. The van der Waals surface area contributed by atoms with Gasteiger partial charge in [0.15, 0.2) is 0 Å². The van der Waals surface area contributed by atoms with Crippen molar-refractivity contribution in [3.8, 4) is 0 Å². The largest absolute Gasteiger partial charge is 0.342 e. The Morgan fingerprint density at radius 3 is 2.33 bits per heavy atom. The number of hydrogen-bond acceptors (Lipinski definition) is 3. The molecular formula is C22H24N4O. The lowest BCUT2D eigenvalue weighted by atomic mass is 9.96. The first-order valence-electron chi connectivity index (χ1n) is 9.42. The Labute approximate surface area is 159 Å². The van der Waals surface area contributed by atoms with Crippen molar-refractivity contribution < 1.29 is 4.79 Å². The summed E-state index contributed by atoms with van der Waals surface area (Å²) in [5.41, 5.74) is 3.33. The van der Waals surface area contributed by atoms with Crippen LogP contribution in [0.2, 0.25) is 0 Å². The third-order valence-corrected chi connectivity index (χ3v) is 5.32. The Hall–Kier alpha value is -2.95. The van der Waals surface area contributed by atoms with E-state index < -0.39 is 0 Å². The molecule has 2 aromatic carbocycles. The Morgan fingerprint density at radius 2 is 1.63 bits per heavy atom. The molecule has 0 spiro atoms. The van der Waals surface area contributed by atoms with Crippen LogP contribution in [0.4, 0.5) is 0 Å². The molecule has 1 aliphatic rings. The highest BCUT2D eigenvalue weighted by Crippen LogP contribution is 2.28. The number of likely N-dealkylation sites (N-methyl/N-ethyl adjacent to an activating group) is 1. The molecule has 5 heteroatoms. The normalized spacial score (nSPS) is 19.6. The van der Waals surface area contributed by atoms with E-state index in [0.29, 0.717) is 13.0 Å². The molecule has 3 aromatic rings. The van der Waals surface area contributed by atoms with E-state index in [9.17, 15) is 4.79 Å². The Bertz CT molecular complexity index is 891. The fraction of sp³-hybridized carbons (Fsp3) is 0.318. The number of aromatic nitrogens is 3. The number of rotatable bonds is 6. The molecule has 1 amide bonds. The SMILES string of the molecule is CN1C(=O)C(Cc2cnn(Cc3ccccc3)n2)C[C@@H]1Cc1ccccc1. The zero-order chi connectivity index (χ0) is 18.6. The van der Waals surface area contributed by atoms with E-state index in [2.05, 4.69) is 46.6 Å². The molecule has 138 valence electrons. The summed E-state index contributed by atoms with van der Waals surface area (Å²) in [4.78, 5) is 16.3. The lowest BCUT2D eigenvalue weighted by molar-refractivity contribution is -0.130. The molecule has 5 nitrogen and oxygen atoms in total. The molecule has 1 aliphatic heterocycles. The fourth-order valence-corrected chi connectivity index (χ4v) is 3.83. The van der Waals surface area contributed by atoms with Gasteiger partial charge in [0.1, 0.15) is 0 Å². The topological polar surface area (TPSA) is 51.0 Å². The first-order valence-corrected chi connectivity index (χ1v) is 9.42. The van der Waals surface area contributed by atoms with Gasteiger partial charge in [0, 0.05) is 25.4 Å². The quantitative estimate of drug-likeness (QED) is 0.679. The van der Waals surface area contributed by atoms with Gasteiger partial charge in [-0.05, 0) is 24.0 Å². The highest BCUT2D eigenvalue weighted by molar-refractivity contribution is 5.81. The number of carbonyl (C=O) groups excluding carboxylic acids is 1. The van der Waals surface area contributed by atoms with Crippen LogP contribution in [0.5, 0.6) is 0 Å². The van der Waals surface area contributed by atoms with Gasteiger partial charge in [-0.3, -0.25) is 4.79 Å². The minimum atomic E-state index is -0.00872. The van der Waals surface area contributed by atoms with E-state index in [-0.39, 0.29) is 17.9 Å². The molecule has 27 heavy (non-hydrogen) atoms. The average molecular weight is 360 g/mol. The van der Waals surface area contributed by atoms with Gasteiger partial charge in [0.2, 0.25) is 5.91 Å². The second-order valence-corrected chi connectivity index (χ2v) is 7.28. The maximum absolute atomic E-state index is 12.7. The minimum Gasteiger partial charge on any atom is -0.342 e. The van der Waals surface area contributed by atoms with Crippen molar-refractivity contribution >= 4 is 5.91 Å². The molecule has 1 fully saturated rings. The monoisotopic (exact) mass is 360 g/mol. The Kier molecular flexibility index (Phi) is 5.01. The lowest BCUT2D eigenvalue weighted by Gasteiger charge is -2.19. The number of amides is 1. The summed E-state index contributed by atoms with van der Waals surface area (Å²) in [5, 5.41) is 8.94. The van der Waals surface area contributed by atoms with Gasteiger partial charge in [-0.15, -0.1) is 0 Å². The van der Waals surface area contributed by atoms with Gasteiger partial charge in [-0.25, -0.2) is 0 Å². The van der Waals surface area contributed by atoms with Crippen LogP contribution in [-0.2, 0) is 24.2 Å². The van der Waals surface area contributed by atoms with Gasteiger partial charge in [-0.1, -0.05) is 60.7 Å². The highest BCUT2D eigenvalue weighted by Gasteiger charge is 2.37. The van der Waals surface area contributed by atoms with Crippen molar-refractivity contribution in [3.05, 3.63) is 83.7 Å². The molecule has 0 bridgehead atoms. The van der Waals surface area contributed by atoms with Gasteiger partial charge < -0.3 is 4.90 Å². The van der Waals surface area contributed by atoms with Crippen LogP contribution in [0.3, 0.4) is 0 Å². The molecule has 1 saturated heterocycles. The Balaban J connectivity index is 1.39. The van der Waals surface area contributed by atoms with Gasteiger partial charge >= 0.3 is 0 Å². The zero-order valence-electron chi connectivity index (χ0n) is 15.5. The minimum absolute atomic E-state index is 0.00872. The van der Waals surface area contributed by atoms with E-state index in [4.69, 9.17) is 0 Å². The van der Waals surface area contributed by atoms with Crippen LogP contribution in [0.15, 0.2) is 66.9 Å². The summed E-state index contributed by atoms with van der Waals surface area (Å²) in [6.45, 7) is 0.649. The standard InChI is InChI=1S/C22H24N4O/c1-25-21(12-17-8-4-2-5-9-17)14-19(22(25)27)13-20-15-23-26(24-20)16-18-10-6-3-7-11-18/h2-11,15,19,21H,12-14,16H2,1H3/t19?,21-/m0/s1. The number of carbonyl (C=O) groups is 1. The molecule has 1 unspecified atom stereocenters. The maximum Gasteiger partial charge on any atom is 0.226 e. The molecule has 0 aliphatic carbocycles. The summed E-state index contributed by atoms with van der Waals surface area (Å²) < 4.78 is 0. The Morgan fingerprint density at radius 1 is 0.963 bits per heavy atom.